The van der Waals surface area contributed by atoms with Crippen molar-refractivity contribution >= 4 is 0 Å². The Morgan fingerprint density at radius 1 is 1.47 bits per heavy atom. The fourth-order valence-corrected chi connectivity index (χ4v) is 1.78. The molecule has 0 bridgehead atoms. The Kier molecular flexibility index (Phi) is 5.92. The zero-order valence-corrected chi connectivity index (χ0v) is 11.3. The monoisotopic (exact) mass is 232 g/mol. The number of allylic oxidation sites excluding steroid dienone is 1. The molecule has 0 aliphatic carbocycles. The Balaban J connectivity index is 2.67. The van der Waals surface area contributed by atoms with Gasteiger partial charge in [-0.15, -0.1) is 6.58 Å². The highest BCUT2D eigenvalue weighted by Crippen LogP contribution is 2.20. The summed E-state index contributed by atoms with van der Waals surface area (Å²) in [5, 5.41) is 3.58. The number of hydrogen-bond acceptors (Lipinski definition) is 2. The molecule has 1 atom stereocenters. The zero-order valence-electron chi connectivity index (χ0n) is 11.3. The number of pyridine rings is 1. The number of hydrogen-bond donors (Lipinski definition) is 1. The molecule has 1 rings (SSSR count). The average Bonchev–Trinajstić information content (AvgIpc) is 2.30. The minimum Gasteiger partial charge on any atom is -0.310 e. The summed E-state index contributed by atoms with van der Waals surface area (Å²) in [5.41, 5.74) is 3.60. The van der Waals surface area contributed by atoms with Gasteiger partial charge in [0, 0.05) is 17.9 Å². The standard InChI is InChI=1S/C15H24N2/c1-5-10-16-15(9-6-12(2)3)14-8-7-13(4)17-11-14/h7-8,11,15-16H,2,5-6,9-10H2,1,3-4H3. The van der Waals surface area contributed by atoms with Crippen LogP contribution in [0, 0.1) is 6.92 Å². The molecule has 0 saturated heterocycles. The highest BCUT2D eigenvalue weighted by atomic mass is 14.9. The first-order valence-electron chi connectivity index (χ1n) is 6.43. The van der Waals surface area contributed by atoms with Crippen LogP contribution in [-0.4, -0.2) is 11.5 Å². The number of aromatic nitrogens is 1. The Morgan fingerprint density at radius 3 is 2.76 bits per heavy atom. The minimum atomic E-state index is 0.403. The molecule has 0 aliphatic rings. The maximum absolute atomic E-state index is 4.37. The third-order valence-corrected chi connectivity index (χ3v) is 2.84. The SMILES string of the molecule is C=C(C)CCC(NCCC)c1ccc(C)nc1. The van der Waals surface area contributed by atoms with E-state index < -0.39 is 0 Å². The van der Waals surface area contributed by atoms with Crippen LogP contribution in [-0.2, 0) is 0 Å². The van der Waals surface area contributed by atoms with Crippen LogP contribution in [0.1, 0.15) is 50.4 Å². The molecule has 1 N–H and O–H groups in total. The van der Waals surface area contributed by atoms with Crippen molar-refractivity contribution in [2.24, 2.45) is 0 Å². The van der Waals surface area contributed by atoms with Crippen molar-refractivity contribution in [1.29, 1.82) is 0 Å². The van der Waals surface area contributed by atoms with E-state index >= 15 is 0 Å². The van der Waals surface area contributed by atoms with Gasteiger partial charge in [0.25, 0.3) is 0 Å². The van der Waals surface area contributed by atoms with E-state index in [1.165, 1.54) is 11.1 Å². The summed E-state index contributed by atoms with van der Waals surface area (Å²) in [7, 11) is 0. The molecule has 0 fully saturated rings. The molecule has 2 heteroatoms. The molecule has 1 aromatic heterocycles. The van der Waals surface area contributed by atoms with Gasteiger partial charge in [-0.05, 0) is 51.3 Å². The average molecular weight is 232 g/mol. The van der Waals surface area contributed by atoms with E-state index in [9.17, 15) is 0 Å². The maximum Gasteiger partial charge on any atom is 0.0372 e. The van der Waals surface area contributed by atoms with Crippen LogP contribution in [0.25, 0.3) is 0 Å². The summed E-state index contributed by atoms with van der Waals surface area (Å²) in [5.74, 6) is 0. The quantitative estimate of drug-likeness (QED) is 0.724. The second-order valence-electron chi connectivity index (χ2n) is 4.74. The van der Waals surface area contributed by atoms with Gasteiger partial charge in [0.15, 0.2) is 0 Å². The molecular weight excluding hydrogens is 208 g/mol. The first-order valence-corrected chi connectivity index (χ1v) is 6.43. The lowest BCUT2D eigenvalue weighted by molar-refractivity contribution is 0.497. The first-order chi connectivity index (χ1) is 8.13. The third-order valence-electron chi connectivity index (χ3n) is 2.84. The van der Waals surface area contributed by atoms with Crippen LogP contribution in [0.2, 0.25) is 0 Å². The van der Waals surface area contributed by atoms with Gasteiger partial charge in [-0.25, -0.2) is 0 Å². The van der Waals surface area contributed by atoms with E-state index in [2.05, 4.69) is 42.9 Å². The maximum atomic E-state index is 4.37. The van der Waals surface area contributed by atoms with E-state index in [1.807, 2.05) is 13.1 Å². The largest absolute Gasteiger partial charge is 0.310 e. The van der Waals surface area contributed by atoms with Crippen LogP contribution in [0.3, 0.4) is 0 Å². The minimum absolute atomic E-state index is 0.403. The number of nitrogens with zero attached hydrogens (tertiary/aromatic N) is 1. The fourth-order valence-electron chi connectivity index (χ4n) is 1.78. The Morgan fingerprint density at radius 2 is 2.24 bits per heavy atom. The van der Waals surface area contributed by atoms with Crippen LogP contribution in [0.15, 0.2) is 30.5 Å². The Hall–Kier alpha value is -1.15. The molecule has 1 aromatic rings. The number of aryl methyl sites for hydroxylation is 1. The van der Waals surface area contributed by atoms with Crippen LogP contribution in [0.5, 0.6) is 0 Å². The predicted molar refractivity (Wildman–Crippen MR) is 74.1 cm³/mol. The molecule has 0 radical (unpaired) electrons. The van der Waals surface area contributed by atoms with Gasteiger partial charge in [0.1, 0.15) is 0 Å². The highest BCUT2D eigenvalue weighted by Gasteiger charge is 2.10. The summed E-state index contributed by atoms with van der Waals surface area (Å²) in [6.45, 7) is 11.3. The highest BCUT2D eigenvalue weighted by molar-refractivity contribution is 5.17. The van der Waals surface area contributed by atoms with Crippen LogP contribution in [0.4, 0.5) is 0 Å². The lowest BCUT2D eigenvalue weighted by atomic mass is 10.0. The summed E-state index contributed by atoms with van der Waals surface area (Å²) >= 11 is 0. The molecule has 0 amide bonds. The second kappa shape index (κ2) is 7.23. The summed E-state index contributed by atoms with van der Waals surface area (Å²) in [4.78, 5) is 4.37. The molecule has 17 heavy (non-hydrogen) atoms. The first kappa shape index (κ1) is 13.9. The van der Waals surface area contributed by atoms with Crippen LogP contribution < -0.4 is 5.32 Å². The van der Waals surface area contributed by atoms with Gasteiger partial charge in [-0.1, -0.05) is 18.6 Å². The number of rotatable bonds is 7. The van der Waals surface area contributed by atoms with Gasteiger partial charge in [0.05, 0.1) is 0 Å². The molecule has 0 aliphatic heterocycles. The molecule has 0 spiro atoms. The lowest BCUT2D eigenvalue weighted by Gasteiger charge is -2.18. The molecule has 0 aromatic carbocycles. The summed E-state index contributed by atoms with van der Waals surface area (Å²) in [6.07, 6.45) is 5.30. The van der Waals surface area contributed by atoms with Gasteiger partial charge >= 0.3 is 0 Å². The van der Waals surface area contributed by atoms with E-state index in [0.29, 0.717) is 6.04 Å². The van der Waals surface area contributed by atoms with Crippen molar-refractivity contribution in [1.82, 2.24) is 10.3 Å². The van der Waals surface area contributed by atoms with Gasteiger partial charge in [-0.3, -0.25) is 4.98 Å². The normalized spacial score (nSPS) is 12.4. The van der Waals surface area contributed by atoms with E-state index in [-0.39, 0.29) is 0 Å². The summed E-state index contributed by atoms with van der Waals surface area (Å²) < 4.78 is 0. The molecule has 1 unspecified atom stereocenters. The predicted octanol–water partition coefficient (Wildman–Crippen LogP) is 3.79. The lowest BCUT2D eigenvalue weighted by Crippen LogP contribution is -2.22. The Labute approximate surface area is 105 Å². The van der Waals surface area contributed by atoms with Gasteiger partial charge in [-0.2, -0.15) is 0 Å². The zero-order chi connectivity index (χ0) is 12.7. The van der Waals surface area contributed by atoms with E-state index in [1.54, 1.807) is 0 Å². The molecular formula is C15H24N2. The van der Waals surface area contributed by atoms with Crippen molar-refractivity contribution in [3.05, 3.63) is 41.7 Å². The van der Waals surface area contributed by atoms with Crippen molar-refractivity contribution in [3.8, 4) is 0 Å². The van der Waals surface area contributed by atoms with Crippen molar-refractivity contribution in [2.45, 2.75) is 46.1 Å². The Bertz CT molecular complexity index is 340. The third kappa shape index (κ3) is 5.14. The molecule has 1 heterocycles. The fraction of sp³-hybridized carbons (Fsp3) is 0.533. The van der Waals surface area contributed by atoms with E-state index in [0.717, 1.165) is 31.5 Å². The molecule has 94 valence electrons. The summed E-state index contributed by atoms with van der Waals surface area (Å²) in [6, 6.07) is 4.66. The number of nitrogens with one attached hydrogen (secondary N) is 1. The van der Waals surface area contributed by atoms with Gasteiger partial charge < -0.3 is 5.32 Å². The van der Waals surface area contributed by atoms with Gasteiger partial charge in [0.2, 0.25) is 0 Å². The van der Waals surface area contributed by atoms with Crippen LogP contribution >= 0.6 is 0 Å². The smallest absolute Gasteiger partial charge is 0.0372 e. The van der Waals surface area contributed by atoms with Crippen molar-refractivity contribution in [3.63, 3.8) is 0 Å². The molecule has 0 saturated carbocycles. The van der Waals surface area contributed by atoms with E-state index in [4.69, 9.17) is 0 Å². The van der Waals surface area contributed by atoms with Crippen molar-refractivity contribution in [2.75, 3.05) is 6.54 Å². The molecule has 2 nitrogen and oxygen atoms in total. The topological polar surface area (TPSA) is 24.9 Å². The van der Waals surface area contributed by atoms with Crippen molar-refractivity contribution < 1.29 is 0 Å². The second-order valence-corrected chi connectivity index (χ2v) is 4.74.